The molecule has 0 bridgehead atoms. The number of allylic oxidation sites excluding steroid dienone is 2. The molecule has 1 N–H and O–H groups in total. The number of nitrogens with zero attached hydrogens (tertiary/aromatic N) is 2. The second-order valence-electron chi connectivity index (χ2n) is 5.26. The second kappa shape index (κ2) is 6.66. The minimum absolute atomic E-state index is 0.563. The van der Waals surface area contributed by atoms with Gasteiger partial charge in [-0.05, 0) is 17.2 Å². The van der Waals surface area contributed by atoms with Crippen molar-refractivity contribution in [1.29, 1.82) is 0 Å². The number of carboxylic acids is 1. The monoisotopic (exact) mass is 314 g/mol. The van der Waals surface area contributed by atoms with Crippen molar-refractivity contribution in [1.82, 2.24) is 9.55 Å². The number of carboxylic acid groups (broad SMARTS) is 1. The van der Waals surface area contributed by atoms with E-state index >= 15 is 0 Å². The van der Waals surface area contributed by atoms with E-state index in [9.17, 15) is 9.90 Å². The summed E-state index contributed by atoms with van der Waals surface area (Å²) < 4.78 is 2.02. The Morgan fingerprint density at radius 1 is 1.27 bits per heavy atom. The Labute approximate surface area is 132 Å². The van der Waals surface area contributed by atoms with Gasteiger partial charge in [-0.1, -0.05) is 36.4 Å². The lowest BCUT2D eigenvalue weighted by Crippen LogP contribution is -2.13. The molecule has 0 saturated carbocycles. The highest BCUT2D eigenvalue weighted by molar-refractivity contribution is 8.20. The summed E-state index contributed by atoms with van der Waals surface area (Å²) in [5.41, 5.74) is 2.45. The van der Waals surface area contributed by atoms with Gasteiger partial charge in [0.25, 0.3) is 0 Å². The molecule has 0 radical (unpaired) electrons. The summed E-state index contributed by atoms with van der Waals surface area (Å²) in [6, 6.07) is 10.1. The maximum absolute atomic E-state index is 11.5. The third-order valence-corrected chi connectivity index (χ3v) is 6.15. The molecule has 4 nitrogen and oxygen atoms in total. The SMILES string of the molecule is O=C(O)C1=CC=C(Cn2ccnc2)C[SH]1Cc1ccccc1. The fourth-order valence-electron chi connectivity index (χ4n) is 2.55. The third kappa shape index (κ3) is 3.49. The zero-order chi connectivity index (χ0) is 15.4. The summed E-state index contributed by atoms with van der Waals surface area (Å²) in [7, 11) is -0.712. The highest BCUT2D eigenvalue weighted by Crippen LogP contribution is 2.43. The number of rotatable bonds is 5. The Hall–Kier alpha value is -2.27. The first-order chi connectivity index (χ1) is 10.7. The van der Waals surface area contributed by atoms with E-state index < -0.39 is 16.9 Å². The molecular formula is C17H18N2O2S. The van der Waals surface area contributed by atoms with E-state index in [0.717, 1.165) is 18.1 Å². The number of hydrogen-bond acceptors (Lipinski definition) is 2. The molecule has 1 aliphatic heterocycles. The predicted molar refractivity (Wildman–Crippen MR) is 90.0 cm³/mol. The fraction of sp³-hybridized carbons (Fsp3) is 0.176. The maximum atomic E-state index is 11.5. The van der Waals surface area contributed by atoms with Gasteiger partial charge in [0.15, 0.2) is 0 Å². The lowest BCUT2D eigenvalue weighted by atomic mass is 10.2. The van der Waals surface area contributed by atoms with E-state index in [0.29, 0.717) is 4.91 Å². The first-order valence-corrected chi connectivity index (χ1v) is 8.81. The van der Waals surface area contributed by atoms with E-state index in [-0.39, 0.29) is 0 Å². The minimum atomic E-state index is -0.792. The van der Waals surface area contributed by atoms with Crippen LogP contribution < -0.4 is 0 Å². The molecule has 0 spiro atoms. The molecule has 5 heteroatoms. The van der Waals surface area contributed by atoms with Crippen LogP contribution in [0.15, 0.2) is 71.7 Å². The zero-order valence-electron chi connectivity index (χ0n) is 12.1. The van der Waals surface area contributed by atoms with Crippen molar-refractivity contribution in [3.05, 3.63) is 77.2 Å². The van der Waals surface area contributed by atoms with Crippen LogP contribution >= 0.6 is 10.9 Å². The molecule has 2 aromatic rings. The van der Waals surface area contributed by atoms with Crippen LogP contribution in [-0.2, 0) is 17.1 Å². The number of imidazole rings is 1. The number of thiol groups is 1. The van der Waals surface area contributed by atoms with Crippen molar-refractivity contribution in [2.75, 3.05) is 5.75 Å². The zero-order valence-corrected chi connectivity index (χ0v) is 13.0. The molecule has 1 unspecified atom stereocenters. The molecule has 3 rings (SSSR count). The number of carbonyl (C=O) groups is 1. The summed E-state index contributed by atoms with van der Waals surface area (Å²) in [5.74, 6) is 0.857. The van der Waals surface area contributed by atoms with Crippen molar-refractivity contribution in [2.24, 2.45) is 0 Å². The van der Waals surface area contributed by atoms with E-state index in [1.165, 1.54) is 11.1 Å². The number of hydrogen-bond donors (Lipinski definition) is 2. The van der Waals surface area contributed by atoms with Crippen molar-refractivity contribution in [2.45, 2.75) is 12.3 Å². The van der Waals surface area contributed by atoms with Crippen LogP contribution in [0.5, 0.6) is 0 Å². The summed E-state index contributed by atoms with van der Waals surface area (Å²) in [5, 5.41) is 9.43. The lowest BCUT2D eigenvalue weighted by Gasteiger charge is -2.27. The van der Waals surface area contributed by atoms with Gasteiger partial charge in [-0.3, -0.25) is 0 Å². The largest absolute Gasteiger partial charge is 0.477 e. The Morgan fingerprint density at radius 2 is 2.09 bits per heavy atom. The second-order valence-corrected chi connectivity index (χ2v) is 7.45. The number of aromatic nitrogens is 2. The van der Waals surface area contributed by atoms with Gasteiger partial charge in [-0.2, -0.15) is 0 Å². The van der Waals surface area contributed by atoms with Crippen molar-refractivity contribution in [3.8, 4) is 0 Å². The van der Waals surface area contributed by atoms with Gasteiger partial charge in [0.05, 0.1) is 11.2 Å². The molecule has 0 amide bonds. The highest BCUT2D eigenvalue weighted by atomic mass is 32.2. The molecule has 0 aliphatic carbocycles. The van der Waals surface area contributed by atoms with Crippen LogP contribution in [0.2, 0.25) is 0 Å². The summed E-state index contributed by atoms with van der Waals surface area (Å²) in [6.45, 7) is 0.775. The molecule has 22 heavy (non-hydrogen) atoms. The maximum Gasteiger partial charge on any atom is 0.340 e. The molecule has 1 aromatic carbocycles. The average molecular weight is 314 g/mol. The Kier molecular flexibility index (Phi) is 4.44. The van der Waals surface area contributed by atoms with Gasteiger partial charge in [-0.25, -0.2) is 20.7 Å². The molecule has 114 valence electrons. The summed E-state index contributed by atoms with van der Waals surface area (Å²) in [6.07, 6.45) is 9.21. The predicted octanol–water partition coefficient (Wildman–Crippen LogP) is 2.99. The van der Waals surface area contributed by atoms with E-state index in [2.05, 4.69) is 17.1 Å². The fourth-order valence-corrected chi connectivity index (χ4v) is 4.91. The topological polar surface area (TPSA) is 55.1 Å². The number of benzene rings is 1. The smallest absolute Gasteiger partial charge is 0.340 e. The normalized spacial score (nSPS) is 19.4. The van der Waals surface area contributed by atoms with Gasteiger partial charge >= 0.3 is 5.97 Å². The first-order valence-electron chi connectivity index (χ1n) is 7.10. The van der Waals surface area contributed by atoms with Crippen LogP contribution in [0, 0.1) is 0 Å². The summed E-state index contributed by atoms with van der Waals surface area (Å²) in [4.78, 5) is 16.1. The molecule has 1 atom stereocenters. The highest BCUT2D eigenvalue weighted by Gasteiger charge is 2.21. The molecule has 0 fully saturated rings. The van der Waals surface area contributed by atoms with Crippen LogP contribution in [0.1, 0.15) is 5.56 Å². The third-order valence-electron chi connectivity index (χ3n) is 3.59. The van der Waals surface area contributed by atoms with Crippen LogP contribution in [0.4, 0.5) is 0 Å². The van der Waals surface area contributed by atoms with Crippen molar-refractivity contribution in [3.63, 3.8) is 0 Å². The van der Waals surface area contributed by atoms with Gasteiger partial charge in [0, 0.05) is 30.4 Å². The van der Waals surface area contributed by atoms with Crippen molar-refractivity contribution >= 4 is 16.9 Å². The van der Waals surface area contributed by atoms with Gasteiger partial charge in [0.2, 0.25) is 0 Å². The molecule has 2 heterocycles. The Bertz CT molecular complexity index is 706. The molecular weight excluding hydrogens is 296 g/mol. The van der Waals surface area contributed by atoms with E-state index in [1.54, 1.807) is 18.6 Å². The molecule has 1 aromatic heterocycles. The van der Waals surface area contributed by atoms with Crippen molar-refractivity contribution < 1.29 is 9.90 Å². The lowest BCUT2D eigenvalue weighted by molar-refractivity contribution is -0.131. The standard InChI is InChI=1S/C17H18N2O2S/c20-17(21)16-7-6-15(10-19-9-8-18-13-19)12-22(16)11-14-4-2-1-3-5-14/h1-9,13,22H,10-12H2,(H,20,21). The van der Waals surface area contributed by atoms with Gasteiger partial charge in [-0.15, -0.1) is 0 Å². The van der Waals surface area contributed by atoms with Crippen LogP contribution in [-0.4, -0.2) is 26.4 Å². The van der Waals surface area contributed by atoms with Gasteiger partial charge in [0.1, 0.15) is 0 Å². The Morgan fingerprint density at radius 3 is 2.77 bits per heavy atom. The molecule has 0 saturated heterocycles. The van der Waals surface area contributed by atoms with E-state index in [4.69, 9.17) is 0 Å². The van der Waals surface area contributed by atoms with Crippen LogP contribution in [0.3, 0.4) is 0 Å². The first kappa shape index (κ1) is 14.7. The molecule has 1 aliphatic rings. The quantitative estimate of drug-likeness (QED) is 0.834. The summed E-state index contributed by atoms with van der Waals surface area (Å²) >= 11 is 0. The average Bonchev–Trinajstić information content (AvgIpc) is 3.01. The van der Waals surface area contributed by atoms with Crippen LogP contribution in [0.25, 0.3) is 0 Å². The minimum Gasteiger partial charge on any atom is -0.477 e. The van der Waals surface area contributed by atoms with Gasteiger partial charge < -0.3 is 9.67 Å². The van der Waals surface area contributed by atoms with E-state index in [1.807, 2.05) is 35.0 Å². The Balaban J connectivity index is 1.78. The number of aliphatic carboxylic acids is 1.